The molecule has 1 fully saturated rings. The molecule has 2 aromatic rings. The van der Waals surface area contributed by atoms with E-state index in [1.54, 1.807) is 0 Å². The Morgan fingerprint density at radius 2 is 2.00 bits per heavy atom. The number of nitrogens with one attached hydrogen (secondary N) is 2. The Labute approximate surface area is 113 Å². The molecule has 0 bridgehead atoms. The SMILES string of the molecule is Clc1ccc2[nH]c(CNC3CCCCC3)cc2c1. The fourth-order valence-corrected chi connectivity index (χ4v) is 3.00. The number of hydrogen-bond donors (Lipinski definition) is 2. The van der Waals surface area contributed by atoms with Crippen LogP contribution in [0.25, 0.3) is 10.9 Å². The van der Waals surface area contributed by atoms with Crippen LogP contribution in [0, 0.1) is 0 Å². The molecule has 1 aromatic heterocycles. The van der Waals surface area contributed by atoms with Crippen LogP contribution in [0.15, 0.2) is 24.3 Å². The Morgan fingerprint density at radius 3 is 2.83 bits per heavy atom. The Balaban J connectivity index is 1.67. The molecule has 3 heteroatoms. The summed E-state index contributed by atoms with van der Waals surface area (Å²) in [6, 6.07) is 8.88. The molecule has 0 aliphatic heterocycles. The highest BCUT2D eigenvalue weighted by atomic mass is 35.5. The zero-order chi connectivity index (χ0) is 12.4. The first kappa shape index (κ1) is 12.1. The third kappa shape index (κ3) is 2.70. The number of aromatic nitrogens is 1. The van der Waals surface area contributed by atoms with Gasteiger partial charge in [-0.05, 0) is 37.1 Å². The van der Waals surface area contributed by atoms with Crippen LogP contribution in [0.4, 0.5) is 0 Å². The van der Waals surface area contributed by atoms with Gasteiger partial charge < -0.3 is 10.3 Å². The lowest BCUT2D eigenvalue weighted by Gasteiger charge is -2.22. The van der Waals surface area contributed by atoms with E-state index in [1.165, 1.54) is 48.7 Å². The minimum Gasteiger partial charge on any atom is -0.357 e. The summed E-state index contributed by atoms with van der Waals surface area (Å²) in [4.78, 5) is 3.44. The minimum absolute atomic E-state index is 0.703. The lowest BCUT2D eigenvalue weighted by Crippen LogP contribution is -2.30. The molecule has 0 saturated heterocycles. The molecular formula is C15H19ClN2. The summed E-state index contributed by atoms with van der Waals surface area (Å²) < 4.78 is 0. The second-order valence-corrected chi connectivity index (χ2v) is 5.68. The monoisotopic (exact) mass is 262 g/mol. The van der Waals surface area contributed by atoms with E-state index in [4.69, 9.17) is 11.6 Å². The maximum atomic E-state index is 6.00. The molecule has 2 nitrogen and oxygen atoms in total. The van der Waals surface area contributed by atoms with Gasteiger partial charge in [0.1, 0.15) is 0 Å². The van der Waals surface area contributed by atoms with Crippen LogP contribution in [0.3, 0.4) is 0 Å². The molecule has 1 aromatic carbocycles. The van der Waals surface area contributed by atoms with Gasteiger partial charge in [0.15, 0.2) is 0 Å². The first-order valence-corrected chi connectivity index (χ1v) is 7.19. The van der Waals surface area contributed by atoms with Crippen LogP contribution in [-0.2, 0) is 6.54 Å². The van der Waals surface area contributed by atoms with Crippen molar-refractivity contribution in [3.8, 4) is 0 Å². The molecular weight excluding hydrogens is 244 g/mol. The van der Waals surface area contributed by atoms with E-state index in [1.807, 2.05) is 18.2 Å². The third-order valence-electron chi connectivity index (χ3n) is 3.82. The quantitative estimate of drug-likeness (QED) is 0.851. The highest BCUT2D eigenvalue weighted by molar-refractivity contribution is 6.31. The second kappa shape index (κ2) is 5.33. The van der Waals surface area contributed by atoms with Crippen molar-refractivity contribution in [3.05, 3.63) is 35.0 Å². The fraction of sp³-hybridized carbons (Fsp3) is 0.467. The number of rotatable bonds is 3. The van der Waals surface area contributed by atoms with E-state index in [-0.39, 0.29) is 0 Å². The smallest absolute Gasteiger partial charge is 0.0457 e. The molecule has 1 aliphatic carbocycles. The van der Waals surface area contributed by atoms with E-state index in [0.717, 1.165) is 11.6 Å². The summed E-state index contributed by atoms with van der Waals surface area (Å²) in [6.45, 7) is 0.928. The second-order valence-electron chi connectivity index (χ2n) is 5.24. The number of benzene rings is 1. The predicted octanol–water partition coefficient (Wildman–Crippen LogP) is 4.24. The van der Waals surface area contributed by atoms with E-state index in [9.17, 15) is 0 Å². The van der Waals surface area contributed by atoms with Gasteiger partial charge >= 0.3 is 0 Å². The Hall–Kier alpha value is -0.990. The predicted molar refractivity (Wildman–Crippen MR) is 77.0 cm³/mol. The fourth-order valence-electron chi connectivity index (χ4n) is 2.82. The molecule has 2 N–H and O–H groups in total. The maximum Gasteiger partial charge on any atom is 0.0457 e. The van der Waals surface area contributed by atoms with Crippen LogP contribution in [0.5, 0.6) is 0 Å². The van der Waals surface area contributed by atoms with Gasteiger partial charge in [-0.25, -0.2) is 0 Å². The number of aromatic amines is 1. The van der Waals surface area contributed by atoms with Crippen LogP contribution < -0.4 is 5.32 Å². The molecule has 3 rings (SSSR count). The van der Waals surface area contributed by atoms with E-state index >= 15 is 0 Å². The van der Waals surface area contributed by atoms with Crippen molar-refractivity contribution in [1.82, 2.24) is 10.3 Å². The summed E-state index contributed by atoms with van der Waals surface area (Å²) >= 11 is 6.00. The van der Waals surface area contributed by atoms with Gasteiger partial charge in [0, 0.05) is 34.2 Å². The Bertz CT molecular complexity index is 526. The van der Waals surface area contributed by atoms with Crippen molar-refractivity contribution >= 4 is 22.5 Å². The molecule has 1 heterocycles. The topological polar surface area (TPSA) is 27.8 Å². The molecule has 0 atom stereocenters. The summed E-state index contributed by atoms with van der Waals surface area (Å²) in [5, 5.41) is 5.65. The van der Waals surface area contributed by atoms with Crippen molar-refractivity contribution in [2.45, 2.75) is 44.7 Å². The first-order chi connectivity index (χ1) is 8.81. The summed E-state index contributed by atoms with van der Waals surface area (Å²) in [5.74, 6) is 0. The number of H-pyrrole nitrogens is 1. The highest BCUT2D eigenvalue weighted by Gasteiger charge is 2.12. The van der Waals surface area contributed by atoms with Crippen LogP contribution in [0.1, 0.15) is 37.8 Å². The zero-order valence-electron chi connectivity index (χ0n) is 10.5. The van der Waals surface area contributed by atoms with Crippen molar-refractivity contribution < 1.29 is 0 Å². The molecule has 0 spiro atoms. The van der Waals surface area contributed by atoms with Crippen LogP contribution in [-0.4, -0.2) is 11.0 Å². The lowest BCUT2D eigenvalue weighted by atomic mass is 9.95. The van der Waals surface area contributed by atoms with Crippen molar-refractivity contribution in [1.29, 1.82) is 0 Å². The van der Waals surface area contributed by atoms with Crippen molar-refractivity contribution in [2.24, 2.45) is 0 Å². The Kier molecular flexibility index (Phi) is 3.57. The summed E-state index contributed by atoms with van der Waals surface area (Å²) in [7, 11) is 0. The number of fused-ring (bicyclic) bond motifs is 1. The van der Waals surface area contributed by atoms with Gasteiger partial charge in [-0.3, -0.25) is 0 Å². The lowest BCUT2D eigenvalue weighted by molar-refractivity contribution is 0.371. The molecule has 96 valence electrons. The van der Waals surface area contributed by atoms with Gasteiger partial charge in [0.25, 0.3) is 0 Å². The van der Waals surface area contributed by atoms with Gasteiger partial charge in [0.2, 0.25) is 0 Å². The average Bonchev–Trinajstić information content (AvgIpc) is 2.79. The third-order valence-corrected chi connectivity index (χ3v) is 4.06. The van der Waals surface area contributed by atoms with Crippen molar-refractivity contribution in [2.75, 3.05) is 0 Å². The molecule has 0 radical (unpaired) electrons. The molecule has 18 heavy (non-hydrogen) atoms. The molecule has 1 aliphatic rings. The van der Waals surface area contributed by atoms with Crippen LogP contribution in [0.2, 0.25) is 5.02 Å². The largest absolute Gasteiger partial charge is 0.357 e. The summed E-state index contributed by atoms with van der Waals surface area (Å²) in [6.07, 6.45) is 6.81. The minimum atomic E-state index is 0.703. The Morgan fingerprint density at radius 1 is 1.17 bits per heavy atom. The normalized spacial score (nSPS) is 17.4. The summed E-state index contributed by atoms with van der Waals surface area (Å²) in [5.41, 5.74) is 2.41. The average molecular weight is 263 g/mol. The highest BCUT2D eigenvalue weighted by Crippen LogP contribution is 2.21. The van der Waals surface area contributed by atoms with E-state index in [0.29, 0.717) is 6.04 Å². The van der Waals surface area contributed by atoms with Gasteiger partial charge in [-0.15, -0.1) is 0 Å². The van der Waals surface area contributed by atoms with E-state index < -0.39 is 0 Å². The van der Waals surface area contributed by atoms with Crippen LogP contribution >= 0.6 is 11.6 Å². The zero-order valence-corrected chi connectivity index (χ0v) is 11.3. The van der Waals surface area contributed by atoms with Gasteiger partial charge in [0.05, 0.1) is 0 Å². The first-order valence-electron chi connectivity index (χ1n) is 6.82. The number of halogens is 1. The van der Waals surface area contributed by atoms with Gasteiger partial charge in [-0.1, -0.05) is 30.9 Å². The molecule has 1 saturated carbocycles. The standard InChI is InChI=1S/C15H19ClN2/c16-12-6-7-15-11(8-12)9-14(18-15)10-17-13-4-2-1-3-5-13/h6-9,13,17-18H,1-5,10H2. The van der Waals surface area contributed by atoms with Gasteiger partial charge in [-0.2, -0.15) is 0 Å². The molecule has 0 amide bonds. The molecule has 0 unspecified atom stereocenters. The van der Waals surface area contributed by atoms with Crippen molar-refractivity contribution in [3.63, 3.8) is 0 Å². The van der Waals surface area contributed by atoms with E-state index in [2.05, 4.69) is 16.4 Å². The maximum absolute atomic E-state index is 6.00. The number of hydrogen-bond acceptors (Lipinski definition) is 1.